The van der Waals surface area contributed by atoms with Crippen LogP contribution in [-0.4, -0.2) is 6.61 Å². The fraction of sp³-hybridized carbons (Fsp3) is 0.667. The molecule has 0 amide bonds. The second-order valence-corrected chi connectivity index (χ2v) is 1.28. The molecule has 0 bridgehead atoms. The van der Waals surface area contributed by atoms with Gasteiger partial charge in [-0.1, -0.05) is 13.0 Å². The second-order valence-electron chi connectivity index (χ2n) is 1.28. The molecule has 0 rings (SSSR count). The summed E-state index contributed by atoms with van der Waals surface area (Å²) in [5, 5.41) is 0. The van der Waals surface area contributed by atoms with E-state index in [1.165, 1.54) is 0 Å². The van der Waals surface area contributed by atoms with Gasteiger partial charge in [0.15, 0.2) is 0 Å². The van der Waals surface area contributed by atoms with Crippen LogP contribution in [0, 0.1) is 0 Å². The monoisotopic (exact) mass is 117 g/mol. The van der Waals surface area contributed by atoms with E-state index in [1.54, 1.807) is 6.08 Å². The fourth-order valence-corrected chi connectivity index (χ4v) is 0.118. The van der Waals surface area contributed by atoms with Gasteiger partial charge in [-0.2, -0.15) is 0 Å². The maximum absolute atomic E-state index is 4.64. The van der Waals surface area contributed by atoms with Crippen molar-refractivity contribution in [2.24, 2.45) is 5.90 Å². The first-order valence-electron chi connectivity index (χ1n) is 2.72. The van der Waals surface area contributed by atoms with Crippen molar-refractivity contribution in [3.63, 3.8) is 0 Å². The van der Waals surface area contributed by atoms with E-state index in [1.807, 2.05) is 13.8 Å². The number of rotatable bonds is 2. The van der Waals surface area contributed by atoms with Crippen molar-refractivity contribution in [1.82, 2.24) is 0 Å². The van der Waals surface area contributed by atoms with Gasteiger partial charge in [0.1, 0.15) is 0 Å². The fourth-order valence-electron chi connectivity index (χ4n) is 0.118. The zero-order chi connectivity index (χ0) is 6.83. The minimum atomic E-state index is 0.667. The van der Waals surface area contributed by atoms with Gasteiger partial charge >= 0.3 is 0 Å². The average Bonchev–Trinajstić information content (AvgIpc) is 1.71. The molecular weight excluding hydrogens is 102 g/mol. The molecule has 0 saturated carbocycles. The van der Waals surface area contributed by atoms with Crippen LogP contribution in [0.2, 0.25) is 0 Å². The third-order valence-electron chi connectivity index (χ3n) is 0.322. The van der Waals surface area contributed by atoms with Crippen LogP contribution in [0.25, 0.3) is 0 Å². The Morgan fingerprint density at radius 3 is 2.12 bits per heavy atom. The lowest BCUT2D eigenvalue weighted by Gasteiger charge is -1.83. The predicted molar refractivity (Wildman–Crippen MR) is 36.3 cm³/mol. The molecule has 2 heteroatoms. The molecule has 0 aliphatic rings. The van der Waals surface area contributed by atoms with Gasteiger partial charge in [0.25, 0.3) is 0 Å². The van der Waals surface area contributed by atoms with E-state index >= 15 is 0 Å². The van der Waals surface area contributed by atoms with E-state index in [2.05, 4.69) is 17.3 Å². The molecule has 0 unspecified atom stereocenters. The largest absolute Gasteiger partial charge is 0.305 e. The molecule has 0 heterocycles. The lowest BCUT2D eigenvalue weighted by atomic mass is 10.5. The minimum Gasteiger partial charge on any atom is -0.305 e. The van der Waals surface area contributed by atoms with E-state index in [9.17, 15) is 0 Å². The van der Waals surface area contributed by atoms with E-state index in [-0.39, 0.29) is 0 Å². The van der Waals surface area contributed by atoms with Crippen molar-refractivity contribution in [2.45, 2.75) is 20.3 Å². The van der Waals surface area contributed by atoms with Crippen LogP contribution >= 0.6 is 0 Å². The molecule has 2 nitrogen and oxygen atoms in total. The Kier molecular flexibility index (Phi) is 21.1. The highest BCUT2D eigenvalue weighted by atomic mass is 16.6. The Morgan fingerprint density at radius 2 is 2.12 bits per heavy atom. The highest BCUT2D eigenvalue weighted by Gasteiger charge is 1.66. The first kappa shape index (κ1) is 10.6. The third kappa shape index (κ3) is 44.6. The van der Waals surface area contributed by atoms with Crippen LogP contribution in [0.4, 0.5) is 0 Å². The summed E-state index contributed by atoms with van der Waals surface area (Å²) < 4.78 is 0. The molecule has 0 fully saturated rings. The molecule has 0 aromatic heterocycles. The molecule has 0 saturated heterocycles. The van der Waals surface area contributed by atoms with Crippen molar-refractivity contribution >= 4 is 0 Å². The highest BCUT2D eigenvalue weighted by molar-refractivity contribution is 4.51. The summed E-state index contributed by atoms with van der Waals surface area (Å²) in [4.78, 5) is 4.19. The van der Waals surface area contributed by atoms with Crippen LogP contribution in [0.1, 0.15) is 20.3 Å². The van der Waals surface area contributed by atoms with Gasteiger partial charge in [-0.3, -0.25) is 0 Å². The van der Waals surface area contributed by atoms with Crippen LogP contribution < -0.4 is 5.90 Å². The topological polar surface area (TPSA) is 35.2 Å². The van der Waals surface area contributed by atoms with Crippen LogP contribution in [0.3, 0.4) is 0 Å². The van der Waals surface area contributed by atoms with E-state index in [4.69, 9.17) is 0 Å². The van der Waals surface area contributed by atoms with Crippen LogP contribution in [-0.2, 0) is 4.84 Å². The summed E-state index contributed by atoms with van der Waals surface area (Å²) in [6.07, 6.45) is 2.75. The molecule has 2 N–H and O–H groups in total. The number of hydrogen-bond donors (Lipinski definition) is 1. The Balaban J connectivity index is 0. The summed E-state index contributed by atoms with van der Waals surface area (Å²) in [5.74, 6) is 4.64. The van der Waals surface area contributed by atoms with Gasteiger partial charge in [-0.25, -0.2) is 5.90 Å². The van der Waals surface area contributed by atoms with Crippen LogP contribution in [0.5, 0.6) is 0 Å². The molecule has 0 aliphatic carbocycles. The number of nitrogens with two attached hydrogens (primary N) is 1. The quantitative estimate of drug-likeness (QED) is 0.439. The van der Waals surface area contributed by atoms with Crippen molar-refractivity contribution in [3.05, 3.63) is 12.7 Å². The summed E-state index contributed by atoms with van der Waals surface area (Å²) in [7, 11) is 0. The number of allylic oxidation sites excluding steroid dienone is 1. The van der Waals surface area contributed by atoms with Crippen molar-refractivity contribution in [1.29, 1.82) is 0 Å². The van der Waals surface area contributed by atoms with Crippen molar-refractivity contribution < 1.29 is 4.84 Å². The number of hydrogen-bond acceptors (Lipinski definition) is 2. The maximum atomic E-state index is 4.64. The Labute approximate surface area is 51.3 Å². The molecule has 0 atom stereocenters. The van der Waals surface area contributed by atoms with Gasteiger partial charge in [-0.15, -0.1) is 6.58 Å². The average molecular weight is 117 g/mol. The molecule has 0 aromatic carbocycles. The first-order chi connectivity index (χ1) is 3.83. The minimum absolute atomic E-state index is 0.667. The third-order valence-corrected chi connectivity index (χ3v) is 0.322. The van der Waals surface area contributed by atoms with Gasteiger partial charge in [0.05, 0.1) is 6.61 Å². The van der Waals surface area contributed by atoms with Crippen LogP contribution in [0.15, 0.2) is 12.7 Å². The van der Waals surface area contributed by atoms with E-state index < -0.39 is 0 Å². The molecule has 0 aliphatic heterocycles. The predicted octanol–water partition coefficient (Wildman–Crippen LogP) is 1.48. The smallest absolute Gasteiger partial charge is 0.0676 e. The van der Waals surface area contributed by atoms with E-state index in [0.29, 0.717) is 6.61 Å². The molecular formula is C6H15NO. The maximum Gasteiger partial charge on any atom is 0.0676 e. The Hall–Kier alpha value is -0.340. The lowest BCUT2D eigenvalue weighted by molar-refractivity contribution is 0.138. The summed E-state index contributed by atoms with van der Waals surface area (Å²) >= 11 is 0. The molecule has 50 valence electrons. The highest BCUT2D eigenvalue weighted by Crippen LogP contribution is 1.67. The summed E-state index contributed by atoms with van der Waals surface area (Å²) in [5.41, 5.74) is 0. The van der Waals surface area contributed by atoms with Gasteiger partial charge < -0.3 is 4.84 Å². The molecule has 8 heavy (non-hydrogen) atoms. The zero-order valence-electron chi connectivity index (χ0n) is 5.68. The lowest BCUT2D eigenvalue weighted by Crippen LogP contribution is -1.97. The molecule has 0 aromatic rings. The van der Waals surface area contributed by atoms with Gasteiger partial charge in [0.2, 0.25) is 0 Å². The molecule has 0 radical (unpaired) electrons. The molecule has 0 spiro atoms. The zero-order valence-corrected chi connectivity index (χ0v) is 5.68. The normalized spacial score (nSPS) is 6.88. The van der Waals surface area contributed by atoms with Crippen molar-refractivity contribution in [2.75, 3.05) is 6.61 Å². The van der Waals surface area contributed by atoms with E-state index in [0.717, 1.165) is 6.42 Å². The van der Waals surface area contributed by atoms with Gasteiger partial charge in [-0.05, 0) is 13.3 Å². The standard InChI is InChI=1S/C3H9NO.C3H6/c1-2-3-5-4;1-3-2/h2-4H2,1H3;3H,1H2,2H3. The Morgan fingerprint density at radius 1 is 1.75 bits per heavy atom. The Bertz CT molecular complexity index is 35.5. The van der Waals surface area contributed by atoms with Gasteiger partial charge in [0, 0.05) is 0 Å². The summed E-state index contributed by atoms with van der Waals surface area (Å²) in [6.45, 7) is 7.92. The first-order valence-corrected chi connectivity index (χ1v) is 2.72. The SMILES string of the molecule is C=CC.CCCON. The second kappa shape index (κ2) is 15.9. The summed E-state index contributed by atoms with van der Waals surface area (Å²) in [6, 6.07) is 0. The van der Waals surface area contributed by atoms with Crippen molar-refractivity contribution in [3.8, 4) is 0 Å².